The zero-order valence-corrected chi connectivity index (χ0v) is 93.7. The van der Waals surface area contributed by atoms with Crippen LogP contribution in [0.15, 0.2) is 267 Å². The van der Waals surface area contributed by atoms with Crippen LogP contribution >= 0.6 is 0 Å². The highest BCUT2D eigenvalue weighted by atomic mass is 16.3. The van der Waals surface area contributed by atoms with Crippen LogP contribution in [0, 0.1) is 88.3 Å². The maximum absolute atomic E-state index is 11.1. The van der Waals surface area contributed by atoms with Crippen molar-refractivity contribution in [3.63, 3.8) is 0 Å². The number of benzene rings is 4. The molecule has 0 amide bonds. The first-order valence-corrected chi connectivity index (χ1v) is 52.3. The highest BCUT2D eigenvalue weighted by Crippen LogP contribution is 2.32. The number of ketones is 2. The van der Waals surface area contributed by atoms with Gasteiger partial charge in [0, 0.05) is 73.2 Å². The molecule has 770 valence electrons. The number of hydrogen-bond donors (Lipinski definition) is 6. The fourth-order valence-electron chi connectivity index (χ4n) is 14.6. The normalized spacial score (nSPS) is 12.7. The molecule has 1 atom stereocenters. The van der Waals surface area contributed by atoms with Crippen molar-refractivity contribution in [1.29, 1.82) is 5.26 Å². The number of aromatic nitrogens is 8. The summed E-state index contributed by atoms with van der Waals surface area (Å²) in [5.41, 5.74) is 18.9. The Bertz CT molecular complexity index is 4600. The lowest BCUT2D eigenvalue weighted by molar-refractivity contribution is -0.128. The van der Waals surface area contributed by atoms with Gasteiger partial charge < -0.3 is 34.9 Å². The molecule has 0 radical (unpaired) electrons. The van der Waals surface area contributed by atoms with Gasteiger partial charge in [-0.25, -0.2) is 19.9 Å². The molecule has 0 saturated heterocycles. The second kappa shape index (κ2) is 79.5. The molecule has 0 bridgehead atoms. The van der Waals surface area contributed by atoms with Crippen molar-refractivity contribution in [2.45, 2.75) is 355 Å². The minimum absolute atomic E-state index is 0.0139. The number of fused-ring (bicyclic) bond motifs is 1. The Hall–Kier alpha value is -10.1. The molecule has 4 aromatic heterocycles. The average molecular weight is 1900 g/mol. The highest BCUT2D eigenvalue weighted by Gasteiger charge is 2.24. The monoisotopic (exact) mass is 1900 g/mol. The molecule has 0 saturated carbocycles. The lowest BCUT2D eigenvalue weighted by Gasteiger charge is -2.22. The number of H-pyrrole nitrogens is 4. The molecule has 13 nitrogen and oxygen atoms in total. The number of imidazole rings is 4. The Kier molecular flexibility index (Phi) is 74.9. The van der Waals surface area contributed by atoms with Gasteiger partial charge in [-0.05, 0) is 229 Å². The van der Waals surface area contributed by atoms with Gasteiger partial charge in [-0.1, -0.05) is 421 Å². The average Bonchev–Trinajstić information content (AvgIpc) is 1.70. The van der Waals surface area contributed by atoms with E-state index in [1.165, 1.54) is 88.9 Å². The number of aliphatic hydroxyl groups is 2. The SMILES string of the molecule is C=CCC(C)C.CC(=O)CC(C)C.CC(C)C(C(=O)CO)C(C)C.CC(C)C(C)c1ccccc1.CC(C)C1=CC=CC1.CC(C)C1=CCC=C1.CC(C)CC1=CC=CC1.CC(C)CC1=CCC=C1.CC(C)CCC1=CCc2ccccc21.CC(C)Cc1cnc[nH]1.CC(C)Cc1ncc[nH]1.CC(C)c1ccc(CO)cc1.CC(C)c1cccc(C#N)c1.CC(C)c1cnc[nH]1.CC(C)c1ncc[nH]1. The number of aliphatic hydroxyl groups excluding tert-OH is 2. The lowest BCUT2D eigenvalue weighted by Crippen LogP contribution is -2.27. The van der Waals surface area contributed by atoms with Crippen LogP contribution in [-0.4, -0.2) is 68.3 Å². The van der Waals surface area contributed by atoms with Crippen LogP contribution in [0.4, 0.5) is 0 Å². The highest BCUT2D eigenvalue weighted by molar-refractivity contribution is 5.82. The summed E-state index contributed by atoms with van der Waals surface area (Å²) in [7, 11) is 0. The van der Waals surface area contributed by atoms with Crippen LogP contribution in [0.5, 0.6) is 0 Å². The zero-order chi connectivity index (χ0) is 105. The van der Waals surface area contributed by atoms with Gasteiger partial charge in [0.15, 0.2) is 5.78 Å². The summed E-state index contributed by atoms with van der Waals surface area (Å²) < 4.78 is 0. The Morgan fingerprint density at radius 1 is 0.489 bits per heavy atom. The molecular weight excluding hydrogens is 1700 g/mol. The van der Waals surface area contributed by atoms with Crippen molar-refractivity contribution in [1.82, 2.24) is 39.9 Å². The van der Waals surface area contributed by atoms with E-state index >= 15 is 0 Å². The summed E-state index contributed by atoms with van der Waals surface area (Å²) in [4.78, 5) is 49.5. The number of hydrogen-bond acceptors (Lipinski definition) is 9. The molecule has 8 aromatic rings. The van der Waals surface area contributed by atoms with Gasteiger partial charge in [0.2, 0.25) is 0 Å². The van der Waals surface area contributed by atoms with E-state index < -0.39 is 0 Å². The van der Waals surface area contributed by atoms with Gasteiger partial charge in [0.25, 0.3) is 0 Å². The van der Waals surface area contributed by atoms with Gasteiger partial charge in [-0.3, -0.25) is 4.79 Å². The van der Waals surface area contributed by atoms with Gasteiger partial charge in [-0.2, -0.15) is 5.26 Å². The van der Waals surface area contributed by atoms with Gasteiger partial charge in [0.05, 0.1) is 30.9 Å². The van der Waals surface area contributed by atoms with Gasteiger partial charge in [0.1, 0.15) is 24.0 Å². The van der Waals surface area contributed by atoms with Crippen LogP contribution in [0.1, 0.15) is 391 Å². The molecule has 0 aliphatic heterocycles. The zero-order valence-electron chi connectivity index (χ0n) is 93.7. The number of rotatable bonds is 28. The maximum Gasteiger partial charge on any atom is 0.161 e. The van der Waals surface area contributed by atoms with E-state index in [4.69, 9.17) is 15.5 Å². The molecule has 6 N–H and O–H groups in total. The van der Waals surface area contributed by atoms with Crippen LogP contribution in [0.2, 0.25) is 0 Å². The minimum atomic E-state index is -0.318. The molecule has 13 heteroatoms. The predicted octanol–water partition coefficient (Wildman–Crippen LogP) is 35.0. The quantitative estimate of drug-likeness (QED) is 0.0257. The summed E-state index contributed by atoms with van der Waals surface area (Å²) >= 11 is 0. The third kappa shape index (κ3) is 68.6. The summed E-state index contributed by atoms with van der Waals surface area (Å²) in [6, 6.07) is 37.4. The predicted molar refractivity (Wildman–Crippen MR) is 604 cm³/mol. The molecule has 5 aliphatic carbocycles. The minimum Gasteiger partial charge on any atom is -0.392 e. The Balaban J connectivity index is 0. The van der Waals surface area contributed by atoms with Gasteiger partial charge in [-0.15, -0.1) is 6.58 Å². The van der Waals surface area contributed by atoms with Crippen molar-refractivity contribution in [3.8, 4) is 6.07 Å². The molecule has 0 fully saturated rings. The molecular formula is C126H197N9O4. The molecule has 1 unspecified atom stereocenters. The van der Waals surface area contributed by atoms with E-state index in [1.54, 1.807) is 48.7 Å². The van der Waals surface area contributed by atoms with Crippen molar-refractivity contribution < 1.29 is 19.8 Å². The standard InChI is InChI=1S/C14H18.C11H16.C10H11N.C10H14O.C9H18O2.2C9H14.2C8H12.2C7H12N2.2C6H10N2.C6H12O.C6H12/c1-11(2)7-8-13-10-9-12-5-3-4-6-14(12)13;1-9(2)10(3)11-7-5-4-6-8-11;1-8(2)10-5-3-4-9(6-10)7-11;1-8(2)10-5-3-9(7-11)4-6-10;1-6(2)9(7(3)4)8(11)5-10;2*1-8(2)7-9-5-3-4-6-9;2*1-7(2)8-5-3-4-6-8;1-6(2)3-7-4-8-5-9-7;1-6(2)5-7-8-3-4-9-7;1-5(2)6-3-7-4-8-6;1-5(2)6-7-3-4-8-6;1-5(2)4-6(3)7;1-4-5-6(2)3/h3-6,10-11H,7-9H2,1-2H3;4-10H,1-3H3;3-6,8H,1-2H3;3-6,8,11H,7H2,1-2H3;6-7,9-10H,5H2,1-4H3;3,5-6,8H,4,7H2,1-2H3;3-5,8H,6-7H2,1-2H3;3,5-7H,4H2,1-2H3;3-5,7H,6H2,1-2H3;4-6H,3H2,1-2H3,(H,8,9);3-4,6H,5H2,1-2H3,(H,8,9);2*3-5H,1-2H3,(H,7,8);5H,4H2,1-3H3;4,6H,1,5H2,2-3H3. The molecule has 139 heavy (non-hydrogen) atoms. The van der Waals surface area contributed by atoms with Crippen LogP contribution < -0.4 is 0 Å². The van der Waals surface area contributed by atoms with Crippen LogP contribution in [0.25, 0.3) is 5.57 Å². The molecule has 5 aliphatic rings. The first-order chi connectivity index (χ1) is 65.7. The van der Waals surface area contributed by atoms with Crippen molar-refractivity contribution in [2.75, 3.05) is 6.61 Å². The first kappa shape index (κ1) is 131. The lowest BCUT2D eigenvalue weighted by atomic mass is 9.82. The van der Waals surface area contributed by atoms with E-state index in [1.807, 2.05) is 109 Å². The van der Waals surface area contributed by atoms with E-state index in [9.17, 15) is 9.59 Å². The number of Topliss-reactive ketones (excluding diaryl/α,β-unsaturated/α-hetero) is 2. The fourth-order valence-corrected chi connectivity index (χ4v) is 14.6. The summed E-state index contributed by atoms with van der Waals surface area (Å²) in [5, 5.41) is 26.0. The third-order valence-electron chi connectivity index (χ3n) is 22.6. The first-order valence-electron chi connectivity index (χ1n) is 52.3. The third-order valence-corrected chi connectivity index (χ3v) is 22.6. The van der Waals surface area contributed by atoms with E-state index in [0.29, 0.717) is 65.1 Å². The van der Waals surface area contributed by atoms with Crippen molar-refractivity contribution in [3.05, 3.63) is 329 Å². The number of carbonyl (C=O) groups is 2. The van der Waals surface area contributed by atoms with Gasteiger partial charge >= 0.3 is 0 Å². The number of nitrogens with zero attached hydrogens (tertiary/aromatic N) is 5. The number of nitrogens with one attached hydrogen (secondary N) is 4. The number of allylic oxidation sites excluding steroid dienone is 19. The second-order valence-corrected chi connectivity index (χ2v) is 42.5. The smallest absolute Gasteiger partial charge is 0.161 e. The van der Waals surface area contributed by atoms with E-state index in [2.05, 4.69) is 385 Å². The van der Waals surface area contributed by atoms with Crippen LogP contribution in [-0.2, 0) is 35.5 Å². The Morgan fingerprint density at radius 3 is 1.42 bits per heavy atom. The largest absolute Gasteiger partial charge is 0.392 e. The second-order valence-electron chi connectivity index (χ2n) is 42.5. The number of nitriles is 1. The summed E-state index contributed by atoms with van der Waals surface area (Å²) in [5.74, 6) is 13.2. The van der Waals surface area contributed by atoms with Crippen LogP contribution in [0.3, 0.4) is 0 Å². The molecule has 4 aromatic carbocycles. The molecule has 4 heterocycles. The Labute approximate surface area is 850 Å². The number of aromatic amines is 4. The topological polar surface area (TPSA) is 213 Å². The maximum atomic E-state index is 11.1. The molecule has 0 spiro atoms. The number of carbonyl (C=O) groups excluding carboxylic acids is 2. The van der Waals surface area contributed by atoms with E-state index in [-0.39, 0.29) is 30.7 Å². The van der Waals surface area contributed by atoms with Crippen molar-refractivity contribution >= 4 is 17.1 Å². The summed E-state index contributed by atoms with van der Waals surface area (Å²) in [6.07, 6.45) is 60.3. The fraction of sp³-hybridized carbons (Fsp3) is 0.532. The molecule has 13 rings (SSSR count). The van der Waals surface area contributed by atoms with E-state index in [0.717, 1.165) is 103 Å². The summed E-state index contributed by atoms with van der Waals surface area (Å²) in [6.45, 7) is 76.7. The Morgan fingerprint density at radius 2 is 1.06 bits per heavy atom. The van der Waals surface area contributed by atoms with Crippen molar-refractivity contribution in [2.24, 2.45) is 76.9 Å².